The number of benzene rings is 1. The van der Waals surface area contributed by atoms with E-state index in [1.165, 1.54) is 0 Å². The molecule has 1 fully saturated rings. The first-order chi connectivity index (χ1) is 7.65. The van der Waals surface area contributed by atoms with Crippen molar-refractivity contribution in [2.24, 2.45) is 5.73 Å². The summed E-state index contributed by atoms with van der Waals surface area (Å²) in [6, 6.07) is 7.88. The van der Waals surface area contributed by atoms with Gasteiger partial charge in [0.15, 0.2) is 0 Å². The summed E-state index contributed by atoms with van der Waals surface area (Å²) in [4.78, 5) is 11.9. The molecule has 3 nitrogen and oxygen atoms in total. The van der Waals surface area contributed by atoms with E-state index in [-0.39, 0.29) is 18.0 Å². The molecule has 2 atom stereocenters. The van der Waals surface area contributed by atoms with Gasteiger partial charge in [0.2, 0.25) is 0 Å². The maximum atomic E-state index is 11.9. The number of nitrogens with two attached hydrogens (primary N) is 1. The standard InChI is InChI=1S/C12H15BrN2O/c13-9-3-1-2-8(6-9)12(16)15-11-5-4-10(14)7-11/h1-3,6,10-11H,4-5,7,14H2,(H,15,16). The fraction of sp³-hybridized carbons (Fsp3) is 0.417. The first-order valence-corrected chi connectivity index (χ1v) is 6.26. The third kappa shape index (κ3) is 2.83. The zero-order chi connectivity index (χ0) is 11.5. The number of hydrogen-bond donors (Lipinski definition) is 2. The fourth-order valence-corrected chi connectivity index (χ4v) is 2.45. The van der Waals surface area contributed by atoms with Gasteiger partial charge in [0, 0.05) is 22.1 Å². The van der Waals surface area contributed by atoms with Crippen molar-refractivity contribution >= 4 is 21.8 Å². The van der Waals surface area contributed by atoms with Gasteiger partial charge in [0.05, 0.1) is 0 Å². The molecule has 1 saturated carbocycles. The van der Waals surface area contributed by atoms with Gasteiger partial charge in [-0.2, -0.15) is 0 Å². The molecule has 0 saturated heterocycles. The van der Waals surface area contributed by atoms with Crippen molar-refractivity contribution in [2.75, 3.05) is 0 Å². The number of halogens is 1. The summed E-state index contributed by atoms with van der Waals surface area (Å²) in [7, 11) is 0. The molecule has 4 heteroatoms. The number of carbonyl (C=O) groups is 1. The summed E-state index contributed by atoms with van der Waals surface area (Å²) >= 11 is 3.35. The van der Waals surface area contributed by atoms with E-state index in [1.807, 2.05) is 24.3 Å². The predicted molar refractivity (Wildman–Crippen MR) is 67.2 cm³/mol. The molecule has 0 aliphatic heterocycles. The molecule has 0 spiro atoms. The molecule has 1 amide bonds. The summed E-state index contributed by atoms with van der Waals surface area (Å²) in [6.07, 6.45) is 2.88. The second kappa shape index (κ2) is 4.97. The van der Waals surface area contributed by atoms with Crippen molar-refractivity contribution in [3.8, 4) is 0 Å². The van der Waals surface area contributed by atoms with Gasteiger partial charge >= 0.3 is 0 Å². The van der Waals surface area contributed by atoms with Gasteiger partial charge in [-0.3, -0.25) is 4.79 Å². The van der Waals surface area contributed by atoms with Crippen LogP contribution in [0.5, 0.6) is 0 Å². The van der Waals surface area contributed by atoms with Crippen LogP contribution in [0.15, 0.2) is 28.7 Å². The number of carbonyl (C=O) groups excluding carboxylic acids is 1. The Hall–Kier alpha value is -0.870. The first kappa shape index (κ1) is 11.6. The molecule has 86 valence electrons. The van der Waals surface area contributed by atoms with E-state index in [9.17, 15) is 4.79 Å². The van der Waals surface area contributed by atoms with Gasteiger partial charge in [-0.25, -0.2) is 0 Å². The maximum absolute atomic E-state index is 11.9. The molecule has 1 aliphatic carbocycles. The van der Waals surface area contributed by atoms with Gasteiger partial charge in [-0.1, -0.05) is 22.0 Å². The van der Waals surface area contributed by atoms with Gasteiger partial charge in [0.25, 0.3) is 5.91 Å². The average Bonchev–Trinajstić information content (AvgIpc) is 2.64. The molecule has 2 unspecified atom stereocenters. The minimum absolute atomic E-state index is 0.0135. The summed E-state index contributed by atoms with van der Waals surface area (Å²) in [5.74, 6) is -0.0135. The lowest BCUT2D eigenvalue weighted by Gasteiger charge is -2.12. The molecule has 0 radical (unpaired) electrons. The zero-order valence-electron chi connectivity index (χ0n) is 8.95. The van der Waals surface area contributed by atoms with E-state index in [2.05, 4.69) is 21.2 Å². The van der Waals surface area contributed by atoms with Crippen molar-refractivity contribution in [1.82, 2.24) is 5.32 Å². The van der Waals surface area contributed by atoms with Crippen molar-refractivity contribution in [3.63, 3.8) is 0 Å². The van der Waals surface area contributed by atoms with Crippen molar-refractivity contribution in [2.45, 2.75) is 31.3 Å². The molecule has 1 aliphatic rings. The zero-order valence-corrected chi connectivity index (χ0v) is 10.5. The highest BCUT2D eigenvalue weighted by Crippen LogP contribution is 2.18. The molecule has 1 aromatic rings. The summed E-state index contributed by atoms with van der Waals surface area (Å²) in [5.41, 5.74) is 6.49. The summed E-state index contributed by atoms with van der Waals surface area (Å²) in [5, 5.41) is 3.01. The van der Waals surface area contributed by atoms with Crippen LogP contribution in [0, 0.1) is 0 Å². The highest BCUT2D eigenvalue weighted by atomic mass is 79.9. The predicted octanol–water partition coefficient (Wildman–Crippen LogP) is 2.06. The van der Waals surface area contributed by atoms with E-state index in [0.717, 1.165) is 23.7 Å². The van der Waals surface area contributed by atoms with Crippen molar-refractivity contribution in [1.29, 1.82) is 0 Å². The van der Waals surface area contributed by atoms with Gasteiger partial charge in [-0.15, -0.1) is 0 Å². The van der Waals surface area contributed by atoms with Crippen LogP contribution >= 0.6 is 15.9 Å². The van der Waals surface area contributed by atoms with Crippen molar-refractivity contribution in [3.05, 3.63) is 34.3 Å². The third-order valence-electron chi connectivity index (χ3n) is 2.90. The summed E-state index contributed by atoms with van der Waals surface area (Å²) in [6.45, 7) is 0. The summed E-state index contributed by atoms with van der Waals surface area (Å²) < 4.78 is 0.920. The van der Waals surface area contributed by atoms with Crippen LogP contribution in [-0.2, 0) is 0 Å². The molecule has 0 bridgehead atoms. The molecule has 0 heterocycles. The Balaban J connectivity index is 1.98. The lowest BCUT2D eigenvalue weighted by Crippen LogP contribution is -2.34. The SMILES string of the molecule is NC1CCC(NC(=O)c2cccc(Br)c2)C1. The molecule has 16 heavy (non-hydrogen) atoms. The van der Waals surface area contributed by atoms with E-state index < -0.39 is 0 Å². The molecular weight excluding hydrogens is 268 g/mol. The Kier molecular flexibility index (Phi) is 3.61. The number of amides is 1. The number of rotatable bonds is 2. The number of hydrogen-bond acceptors (Lipinski definition) is 2. The lowest BCUT2D eigenvalue weighted by atomic mass is 10.2. The van der Waals surface area contributed by atoms with E-state index >= 15 is 0 Å². The monoisotopic (exact) mass is 282 g/mol. The van der Waals surface area contributed by atoms with Crippen molar-refractivity contribution < 1.29 is 4.79 Å². The van der Waals surface area contributed by atoms with Crippen LogP contribution in [0.1, 0.15) is 29.6 Å². The van der Waals surface area contributed by atoms with Crippen LogP contribution in [0.4, 0.5) is 0 Å². The largest absolute Gasteiger partial charge is 0.349 e. The van der Waals surface area contributed by atoms with E-state index in [0.29, 0.717) is 5.56 Å². The highest BCUT2D eigenvalue weighted by molar-refractivity contribution is 9.10. The van der Waals surface area contributed by atoms with Crippen LogP contribution in [0.3, 0.4) is 0 Å². The minimum Gasteiger partial charge on any atom is -0.349 e. The van der Waals surface area contributed by atoms with E-state index in [1.54, 1.807) is 0 Å². The molecular formula is C12H15BrN2O. The number of nitrogens with one attached hydrogen (secondary N) is 1. The highest BCUT2D eigenvalue weighted by Gasteiger charge is 2.23. The normalized spacial score (nSPS) is 24.4. The Morgan fingerprint density at radius 3 is 2.88 bits per heavy atom. The topological polar surface area (TPSA) is 55.1 Å². The molecule has 1 aromatic carbocycles. The quantitative estimate of drug-likeness (QED) is 0.873. The second-order valence-electron chi connectivity index (χ2n) is 4.25. The third-order valence-corrected chi connectivity index (χ3v) is 3.39. The van der Waals surface area contributed by atoms with Gasteiger partial charge < -0.3 is 11.1 Å². The molecule has 3 N–H and O–H groups in total. The Bertz CT molecular complexity index is 394. The Labute approximate surface area is 104 Å². The lowest BCUT2D eigenvalue weighted by molar-refractivity contribution is 0.0937. The smallest absolute Gasteiger partial charge is 0.251 e. The molecule has 0 aromatic heterocycles. The minimum atomic E-state index is -0.0135. The second-order valence-corrected chi connectivity index (χ2v) is 5.17. The first-order valence-electron chi connectivity index (χ1n) is 5.47. The van der Waals surface area contributed by atoms with E-state index in [4.69, 9.17) is 5.73 Å². The molecule has 2 rings (SSSR count). The van der Waals surface area contributed by atoms with Crippen LogP contribution < -0.4 is 11.1 Å². The van der Waals surface area contributed by atoms with Crippen LogP contribution in [-0.4, -0.2) is 18.0 Å². The van der Waals surface area contributed by atoms with Crippen LogP contribution in [0.2, 0.25) is 0 Å². The Morgan fingerprint density at radius 1 is 1.44 bits per heavy atom. The maximum Gasteiger partial charge on any atom is 0.251 e. The Morgan fingerprint density at radius 2 is 2.25 bits per heavy atom. The van der Waals surface area contributed by atoms with Crippen LogP contribution in [0.25, 0.3) is 0 Å². The average molecular weight is 283 g/mol. The fourth-order valence-electron chi connectivity index (χ4n) is 2.05. The van der Waals surface area contributed by atoms with Gasteiger partial charge in [-0.05, 0) is 37.5 Å². The van der Waals surface area contributed by atoms with Gasteiger partial charge in [0.1, 0.15) is 0 Å².